The van der Waals surface area contributed by atoms with Crippen LogP contribution in [-0.2, 0) is 19.4 Å². The predicted molar refractivity (Wildman–Crippen MR) is 111 cm³/mol. The van der Waals surface area contributed by atoms with Gasteiger partial charge in [0.15, 0.2) is 20.4 Å². The topological polar surface area (TPSA) is 98.2 Å². The van der Waals surface area contributed by atoms with E-state index in [4.69, 9.17) is 0 Å². The summed E-state index contributed by atoms with van der Waals surface area (Å²) < 4.78 is 41.3. The van der Waals surface area contributed by atoms with E-state index in [0.717, 1.165) is 5.69 Å². The highest BCUT2D eigenvalue weighted by Gasteiger charge is 2.47. The lowest BCUT2D eigenvalue weighted by molar-refractivity contribution is -0.119. The summed E-state index contributed by atoms with van der Waals surface area (Å²) >= 11 is 1.31. The molecule has 1 N–H and O–H groups in total. The molecule has 0 aliphatic carbocycles. The molecule has 0 radical (unpaired) electrons. The molecule has 1 amide bonds. The molecule has 1 fully saturated rings. The first-order chi connectivity index (χ1) is 14.3. The Morgan fingerprint density at radius 2 is 2.10 bits per heavy atom. The lowest BCUT2D eigenvalue weighted by Crippen LogP contribution is -2.37. The number of thiazole rings is 1. The van der Waals surface area contributed by atoms with Crippen LogP contribution in [0.15, 0.2) is 59.1 Å². The Bertz CT molecular complexity index is 1090. The molecule has 1 aromatic carbocycles. The first-order valence-corrected chi connectivity index (χ1v) is 11.6. The predicted octanol–water partition coefficient (Wildman–Crippen LogP) is 3.59. The van der Waals surface area contributed by atoms with Crippen molar-refractivity contribution in [3.05, 3.63) is 71.2 Å². The fraction of sp³-hybridized carbons (Fsp3) is 0.250. The molecule has 0 spiro atoms. The second-order valence-corrected chi connectivity index (χ2v) is 9.80. The van der Waals surface area contributed by atoms with Crippen molar-refractivity contribution >= 4 is 32.8 Å². The Hall–Kier alpha value is -2.53. The highest BCUT2D eigenvalue weighted by Crippen LogP contribution is 2.41. The minimum absolute atomic E-state index is 0.00939. The second kappa shape index (κ2) is 8.31. The first kappa shape index (κ1) is 20.7. The van der Waals surface area contributed by atoms with Crippen molar-refractivity contribution in [1.82, 2.24) is 14.3 Å². The zero-order chi connectivity index (χ0) is 21.3. The Kier molecular flexibility index (Phi) is 5.74. The fourth-order valence-corrected chi connectivity index (χ4v) is 5.83. The maximum atomic E-state index is 13.4. The van der Waals surface area contributed by atoms with Gasteiger partial charge in [0.2, 0.25) is 5.91 Å². The third kappa shape index (κ3) is 4.17. The number of benzene rings is 1. The van der Waals surface area contributed by atoms with E-state index in [2.05, 4.69) is 15.3 Å². The molecular formula is C20H19FN4O3S2. The van der Waals surface area contributed by atoms with Gasteiger partial charge in [-0.25, -0.2) is 9.37 Å². The van der Waals surface area contributed by atoms with Crippen LogP contribution in [0.1, 0.15) is 23.7 Å². The number of aromatic nitrogens is 2. The number of carbonyl (C=O) groups is 1. The number of pyridine rings is 1. The summed E-state index contributed by atoms with van der Waals surface area (Å²) in [5, 5.41) is 5.07. The van der Waals surface area contributed by atoms with Gasteiger partial charge in [-0.15, -0.1) is 15.6 Å². The van der Waals surface area contributed by atoms with Crippen LogP contribution < -0.4 is 5.32 Å². The van der Waals surface area contributed by atoms with Gasteiger partial charge >= 0.3 is 0 Å². The Morgan fingerprint density at radius 1 is 1.33 bits per heavy atom. The van der Waals surface area contributed by atoms with Crippen molar-refractivity contribution in [3.63, 3.8) is 0 Å². The number of sulfonamides is 1. The highest BCUT2D eigenvalue weighted by molar-refractivity contribution is 7.95. The first-order valence-electron chi connectivity index (χ1n) is 9.25. The number of anilines is 1. The maximum Gasteiger partial charge on any atom is 0.230 e. The number of hydrogen-bond acceptors (Lipinski definition) is 6. The van der Waals surface area contributed by atoms with E-state index in [9.17, 15) is 17.9 Å². The van der Waals surface area contributed by atoms with Crippen molar-refractivity contribution in [2.24, 2.45) is 5.92 Å². The largest absolute Gasteiger partial charge is 0.593 e. The normalized spacial score (nSPS) is 21.3. The quantitative estimate of drug-likeness (QED) is 0.604. The van der Waals surface area contributed by atoms with Crippen molar-refractivity contribution < 1.29 is 17.9 Å². The molecule has 3 heterocycles. The lowest BCUT2D eigenvalue weighted by atomic mass is 9.99. The molecule has 2 aromatic heterocycles. The molecule has 4 rings (SSSR count). The molecule has 10 heteroatoms. The van der Waals surface area contributed by atoms with Crippen molar-refractivity contribution in [2.45, 2.75) is 24.3 Å². The number of amides is 1. The third-order valence-electron chi connectivity index (χ3n) is 4.97. The monoisotopic (exact) mass is 446 g/mol. The second-order valence-electron chi connectivity index (χ2n) is 7.05. The van der Waals surface area contributed by atoms with Gasteiger partial charge in [-0.1, -0.05) is 16.3 Å². The van der Waals surface area contributed by atoms with Gasteiger partial charge in [-0.05, 0) is 43.2 Å². The van der Waals surface area contributed by atoms with E-state index in [-0.39, 0.29) is 23.8 Å². The molecule has 1 aliphatic heterocycles. The number of nitrogens with zero attached hydrogens (tertiary/aromatic N) is 3. The molecule has 30 heavy (non-hydrogen) atoms. The lowest BCUT2D eigenvalue weighted by Gasteiger charge is -2.28. The van der Waals surface area contributed by atoms with E-state index >= 15 is 0 Å². The highest BCUT2D eigenvalue weighted by atomic mass is 32.3. The van der Waals surface area contributed by atoms with Gasteiger partial charge in [0.1, 0.15) is 5.82 Å². The van der Waals surface area contributed by atoms with Crippen molar-refractivity contribution in [3.8, 4) is 0 Å². The van der Waals surface area contributed by atoms with Crippen molar-refractivity contribution in [2.75, 3.05) is 11.9 Å². The van der Waals surface area contributed by atoms with Gasteiger partial charge in [0, 0.05) is 11.6 Å². The molecule has 1 unspecified atom stereocenters. The summed E-state index contributed by atoms with van der Waals surface area (Å²) in [7, 11) is -3.90. The van der Waals surface area contributed by atoms with Crippen LogP contribution in [0, 0.1) is 18.7 Å². The summed E-state index contributed by atoms with van der Waals surface area (Å²) in [4.78, 5) is 21.0. The van der Waals surface area contributed by atoms with E-state index in [1.165, 1.54) is 46.2 Å². The average Bonchev–Trinajstić information content (AvgIpc) is 3.36. The van der Waals surface area contributed by atoms with Gasteiger partial charge in [0.05, 0.1) is 30.4 Å². The minimum Gasteiger partial charge on any atom is -0.593 e. The molecule has 3 atom stereocenters. The minimum atomic E-state index is -3.90. The van der Waals surface area contributed by atoms with Crippen LogP contribution in [0.4, 0.5) is 9.52 Å². The Morgan fingerprint density at radius 3 is 2.73 bits per heavy atom. The summed E-state index contributed by atoms with van der Waals surface area (Å²) in [5.41, 5.74) is 1.43. The molecule has 1 saturated heterocycles. The Labute approximate surface area is 178 Å². The standard InChI is InChI=1S/C20H19FN4O3S2/c1-13-12-29-20(23-13)24-19(26)15-9-18(14-4-6-16(21)7-5-14)25(11-15)30(27,28)17-3-2-8-22-10-17/h2-8,10,12,15,18H,9,11H2,1H3,(H-,23,24,26,27,28)/t15-,18+/m1/s1. The van der Waals surface area contributed by atoms with Gasteiger partial charge in [-0.2, -0.15) is 0 Å². The summed E-state index contributed by atoms with van der Waals surface area (Å²) in [6, 6.07) is 8.10. The van der Waals surface area contributed by atoms with E-state index in [1.54, 1.807) is 18.2 Å². The van der Waals surface area contributed by atoms with E-state index in [1.807, 2.05) is 12.3 Å². The van der Waals surface area contributed by atoms with Crippen LogP contribution in [0.25, 0.3) is 0 Å². The van der Waals surface area contributed by atoms with Crippen LogP contribution in [0.5, 0.6) is 0 Å². The number of hydrogen-bond donors (Lipinski definition) is 1. The van der Waals surface area contributed by atoms with Crippen LogP contribution in [0.3, 0.4) is 0 Å². The molecule has 0 saturated carbocycles. The SMILES string of the molecule is Cc1csc(NC(=O)[C@@H]2C[C@@H](c3ccc(F)cc3)N([S+](=O)([O-])c3cccnc3)C2)n1. The number of halogens is 1. The van der Waals surface area contributed by atoms with Crippen LogP contribution in [0.2, 0.25) is 0 Å². The molecular weight excluding hydrogens is 427 g/mol. The third-order valence-corrected chi connectivity index (χ3v) is 7.71. The van der Waals surface area contributed by atoms with E-state index in [0.29, 0.717) is 10.7 Å². The number of carbonyl (C=O) groups excluding carboxylic acids is 1. The summed E-state index contributed by atoms with van der Waals surface area (Å²) in [6.07, 6.45) is 3.05. The van der Waals surface area contributed by atoms with Crippen LogP contribution in [-0.4, -0.2) is 31.3 Å². The molecule has 3 aromatic rings. The van der Waals surface area contributed by atoms with E-state index < -0.39 is 28.2 Å². The fourth-order valence-electron chi connectivity index (χ4n) is 3.50. The summed E-state index contributed by atoms with van der Waals surface area (Å²) in [5.74, 6) is -1.28. The number of aryl methyl sites for hydroxylation is 1. The molecule has 1 aliphatic rings. The van der Waals surface area contributed by atoms with Crippen molar-refractivity contribution in [1.29, 1.82) is 0 Å². The zero-order valence-corrected chi connectivity index (χ0v) is 17.7. The van der Waals surface area contributed by atoms with Crippen LogP contribution >= 0.6 is 11.3 Å². The molecule has 0 bridgehead atoms. The smallest absolute Gasteiger partial charge is 0.230 e. The van der Waals surface area contributed by atoms with Gasteiger partial charge in [0.25, 0.3) is 0 Å². The average molecular weight is 447 g/mol. The molecule has 7 nitrogen and oxygen atoms in total. The summed E-state index contributed by atoms with van der Waals surface area (Å²) in [6.45, 7) is 1.84. The number of nitrogens with one attached hydrogen (secondary N) is 1. The molecule has 156 valence electrons. The number of rotatable bonds is 5. The zero-order valence-electron chi connectivity index (χ0n) is 16.0. The van der Waals surface area contributed by atoms with Gasteiger partial charge in [-0.3, -0.25) is 9.78 Å². The Balaban J connectivity index is 1.64. The maximum absolute atomic E-state index is 13.4. The van der Waals surface area contributed by atoms with Gasteiger partial charge < -0.3 is 9.87 Å².